The summed E-state index contributed by atoms with van der Waals surface area (Å²) in [6.45, 7) is 3.87. The summed E-state index contributed by atoms with van der Waals surface area (Å²) in [5.74, 6) is 0. The zero-order valence-corrected chi connectivity index (χ0v) is 6.83. The fraction of sp³-hybridized carbons (Fsp3) is 0.750. The number of hydrogen-bond donors (Lipinski definition) is 0. The van der Waals surface area contributed by atoms with Crippen molar-refractivity contribution in [3.63, 3.8) is 0 Å². The van der Waals surface area contributed by atoms with Crippen LogP contribution in [0.1, 0.15) is 13.8 Å². The molecule has 0 N–H and O–H groups in total. The van der Waals surface area contributed by atoms with Crippen molar-refractivity contribution in [3.05, 3.63) is 0 Å². The van der Waals surface area contributed by atoms with E-state index in [1.165, 1.54) is 0 Å². The van der Waals surface area contributed by atoms with Crippen molar-refractivity contribution >= 4 is 32.2 Å². The van der Waals surface area contributed by atoms with Crippen LogP contribution in [0, 0.1) is 0 Å². The third-order valence-electron chi connectivity index (χ3n) is 0.332. The standard InChI is InChI=1S/C4H8OSSe/c1-3(2)5-4(6)7/h3H,1-2H3,(H,6,7)/p-1. The normalized spacial score (nSPS) is 9.00. The molecular formula is C4H7OSSe-. The summed E-state index contributed by atoms with van der Waals surface area (Å²) in [4.78, 5) is 0. The maximum absolute atomic E-state index is 4.93. The number of rotatable bonds is 1. The minimum absolute atomic E-state index is 0.203. The van der Waals surface area contributed by atoms with E-state index in [1.54, 1.807) is 0 Å². The van der Waals surface area contributed by atoms with Gasteiger partial charge in [-0.3, -0.25) is 0 Å². The van der Waals surface area contributed by atoms with Crippen molar-refractivity contribution in [2.45, 2.75) is 20.0 Å². The molecule has 0 aliphatic carbocycles. The van der Waals surface area contributed by atoms with Crippen molar-refractivity contribution < 1.29 is 4.74 Å². The molecule has 0 rings (SSSR count). The topological polar surface area (TPSA) is 9.23 Å². The Bertz CT molecular complexity index is 72.1. The molecule has 0 heterocycles. The van der Waals surface area contributed by atoms with Crippen molar-refractivity contribution in [2.24, 2.45) is 0 Å². The molecule has 0 saturated carbocycles. The Balaban J connectivity index is 3.13. The van der Waals surface area contributed by atoms with E-state index in [-0.39, 0.29) is 6.10 Å². The second kappa shape index (κ2) is 3.42. The average Bonchev–Trinajstić information content (AvgIpc) is 1.27. The first-order valence-corrected chi connectivity index (χ1v) is 3.27. The van der Waals surface area contributed by atoms with E-state index < -0.39 is 0 Å². The predicted octanol–water partition coefficient (Wildman–Crippen LogP) is 0.865. The van der Waals surface area contributed by atoms with Gasteiger partial charge < -0.3 is 0 Å². The summed E-state index contributed by atoms with van der Waals surface area (Å²) >= 11 is 7.17. The number of thiocarbonyl (C=S) groups is 1. The molecule has 0 aromatic rings. The molecule has 1 nitrogen and oxygen atoms in total. The summed E-state index contributed by atoms with van der Waals surface area (Å²) < 4.78 is 5.42. The van der Waals surface area contributed by atoms with Crippen LogP contribution in [0.25, 0.3) is 0 Å². The Morgan fingerprint density at radius 1 is 1.71 bits per heavy atom. The van der Waals surface area contributed by atoms with Gasteiger partial charge in [0.15, 0.2) is 0 Å². The fourth-order valence-corrected chi connectivity index (χ4v) is 0.789. The molecule has 0 unspecified atom stereocenters. The summed E-state index contributed by atoms with van der Waals surface area (Å²) in [6.07, 6.45) is 0.203. The van der Waals surface area contributed by atoms with Crippen LogP contribution in [-0.4, -0.2) is 26.1 Å². The SMILES string of the molecule is CC(C)OC(=S)[Se-]. The van der Waals surface area contributed by atoms with Crippen LogP contribution in [0.15, 0.2) is 0 Å². The fourth-order valence-electron chi connectivity index (χ4n) is 0.192. The monoisotopic (exact) mass is 183 g/mol. The van der Waals surface area contributed by atoms with Gasteiger partial charge in [-0.25, -0.2) is 0 Å². The van der Waals surface area contributed by atoms with E-state index in [0.29, 0.717) is 3.95 Å². The molecule has 7 heavy (non-hydrogen) atoms. The second-order valence-electron chi connectivity index (χ2n) is 1.42. The van der Waals surface area contributed by atoms with Gasteiger partial charge in [0.1, 0.15) is 0 Å². The molecule has 0 bridgehead atoms. The molecule has 0 saturated heterocycles. The van der Waals surface area contributed by atoms with Crippen LogP contribution in [0.5, 0.6) is 0 Å². The molecule has 0 aromatic carbocycles. The average molecular weight is 182 g/mol. The van der Waals surface area contributed by atoms with E-state index in [1.807, 2.05) is 13.8 Å². The second-order valence-corrected chi connectivity index (χ2v) is 3.15. The molecule has 0 amide bonds. The molecule has 0 aliphatic heterocycles. The van der Waals surface area contributed by atoms with Gasteiger partial charge in [-0.05, 0) is 0 Å². The first kappa shape index (κ1) is 7.41. The molecule has 0 fully saturated rings. The van der Waals surface area contributed by atoms with Gasteiger partial charge in [0.2, 0.25) is 0 Å². The molecule has 42 valence electrons. The van der Waals surface area contributed by atoms with Crippen LogP contribution in [0.3, 0.4) is 0 Å². The Labute approximate surface area is 57.2 Å². The quantitative estimate of drug-likeness (QED) is 0.439. The molecule has 0 radical (unpaired) electrons. The zero-order chi connectivity index (χ0) is 5.86. The summed E-state index contributed by atoms with van der Waals surface area (Å²) in [6, 6.07) is 0. The Morgan fingerprint density at radius 3 is 2.14 bits per heavy atom. The van der Waals surface area contributed by atoms with Gasteiger partial charge in [0.05, 0.1) is 0 Å². The van der Waals surface area contributed by atoms with E-state index in [4.69, 9.17) is 4.74 Å². The number of ether oxygens (including phenoxy) is 1. The van der Waals surface area contributed by atoms with Gasteiger partial charge in [-0.1, -0.05) is 0 Å². The van der Waals surface area contributed by atoms with E-state index >= 15 is 0 Å². The van der Waals surface area contributed by atoms with Crippen LogP contribution < -0.4 is 0 Å². The first-order valence-electron chi connectivity index (χ1n) is 2.00. The van der Waals surface area contributed by atoms with Gasteiger partial charge in [0, 0.05) is 0 Å². The molecular weight excluding hydrogens is 175 g/mol. The molecule has 0 aliphatic rings. The van der Waals surface area contributed by atoms with Crippen molar-refractivity contribution in [3.8, 4) is 0 Å². The first-order chi connectivity index (χ1) is 3.13. The molecule has 0 aromatic heterocycles. The minimum atomic E-state index is 0.203. The Morgan fingerprint density at radius 2 is 2.14 bits per heavy atom. The van der Waals surface area contributed by atoms with Crippen molar-refractivity contribution in [1.29, 1.82) is 0 Å². The van der Waals surface area contributed by atoms with E-state index in [0.717, 1.165) is 0 Å². The Kier molecular flexibility index (Phi) is 3.62. The van der Waals surface area contributed by atoms with Crippen molar-refractivity contribution in [2.75, 3.05) is 0 Å². The van der Waals surface area contributed by atoms with Crippen LogP contribution in [0.4, 0.5) is 0 Å². The molecule has 0 atom stereocenters. The summed E-state index contributed by atoms with van der Waals surface area (Å²) in [5, 5.41) is 0. The van der Waals surface area contributed by atoms with Crippen LogP contribution in [-0.2, 0) is 4.74 Å². The van der Waals surface area contributed by atoms with Gasteiger partial charge in [0.25, 0.3) is 0 Å². The van der Waals surface area contributed by atoms with Crippen LogP contribution >= 0.6 is 12.2 Å². The van der Waals surface area contributed by atoms with E-state index in [2.05, 4.69) is 28.2 Å². The number of hydrogen-bond acceptors (Lipinski definition) is 2. The Hall–Kier alpha value is 0.409. The third kappa shape index (κ3) is 6.41. The van der Waals surface area contributed by atoms with Crippen molar-refractivity contribution in [1.82, 2.24) is 0 Å². The van der Waals surface area contributed by atoms with Gasteiger partial charge in [-0.2, -0.15) is 0 Å². The van der Waals surface area contributed by atoms with Crippen LogP contribution in [0.2, 0.25) is 0 Å². The summed E-state index contributed by atoms with van der Waals surface area (Å²) in [7, 11) is 0. The summed E-state index contributed by atoms with van der Waals surface area (Å²) in [5.41, 5.74) is 0. The third-order valence-corrected chi connectivity index (χ3v) is 0.630. The molecule has 3 heteroatoms. The van der Waals surface area contributed by atoms with E-state index in [9.17, 15) is 0 Å². The predicted molar refractivity (Wildman–Crippen MR) is 34.6 cm³/mol. The molecule has 0 spiro atoms. The maximum atomic E-state index is 4.93. The van der Waals surface area contributed by atoms with Gasteiger partial charge >= 0.3 is 56.9 Å². The zero-order valence-electron chi connectivity index (χ0n) is 4.30. The van der Waals surface area contributed by atoms with Gasteiger partial charge in [-0.15, -0.1) is 0 Å².